The predicted octanol–water partition coefficient (Wildman–Crippen LogP) is 5.60. The van der Waals surface area contributed by atoms with Crippen LogP contribution in [0.2, 0.25) is 0 Å². The van der Waals surface area contributed by atoms with Crippen LogP contribution in [-0.2, 0) is 25.7 Å². The highest BCUT2D eigenvalue weighted by molar-refractivity contribution is 6.05. The number of fused-ring (bicyclic) bond motifs is 1. The summed E-state index contributed by atoms with van der Waals surface area (Å²) in [6.07, 6.45) is 5.48. The summed E-state index contributed by atoms with van der Waals surface area (Å²) in [5.41, 5.74) is 1.56. The first-order chi connectivity index (χ1) is 22.5. The second kappa shape index (κ2) is 13.8. The van der Waals surface area contributed by atoms with Crippen molar-refractivity contribution in [1.29, 1.82) is 0 Å². The zero-order valence-corrected chi connectivity index (χ0v) is 28.7. The number of anilines is 1. The second-order valence-electron chi connectivity index (χ2n) is 14.1. The molecule has 47 heavy (non-hydrogen) atoms. The zero-order valence-electron chi connectivity index (χ0n) is 28.7. The van der Waals surface area contributed by atoms with E-state index in [2.05, 4.69) is 13.2 Å². The van der Waals surface area contributed by atoms with Gasteiger partial charge in [0.15, 0.2) is 0 Å². The van der Waals surface area contributed by atoms with E-state index in [0.29, 0.717) is 38.8 Å². The van der Waals surface area contributed by atoms with E-state index in [0.717, 1.165) is 22.4 Å². The van der Waals surface area contributed by atoms with E-state index in [1.165, 1.54) is 0 Å². The molecule has 8 nitrogen and oxygen atoms in total. The van der Waals surface area contributed by atoms with Crippen molar-refractivity contribution in [3.05, 3.63) is 90.5 Å². The SMILES string of the molecule is C=CCN(Cc1ccccc1)C(=O)[C@H]1[C@H]2C(=O)N([C@@H](CO)CC(C)C)C(C(=O)N(CC=C)c3cc(C)ccc3C)C23CC[C@]1(CC)O3. The van der Waals surface area contributed by atoms with E-state index in [4.69, 9.17) is 4.74 Å². The van der Waals surface area contributed by atoms with E-state index in [9.17, 15) is 14.7 Å². The van der Waals surface area contributed by atoms with Crippen LogP contribution in [0.5, 0.6) is 0 Å². The molecule has 0 radical (unpaired) electrons. The fraction of sp³-hybridized carbons (Fsp3) is 0.513. The molecule has 3 fully saturated rings. The van der Waals surface area contributed by atoms with Crippen LogP contribution in [0.4, 0.5) is 5.69 Å². The number of nitrogens with zero attached hydrogens (tertiary/aromatic N) is 3. The molecule has 0 saturated carbocycles. The predicted molar refractivity (Wildman–Crippen MR) is 185 cm³/mol. The van der Waals surface area contributed by atoms with E-state index in [1.807, 2.05) is 83.1 Å². The minimum absolute atomic E-state index is 0.155. The number of aliphatic hydroxyl groups excluding tert-OH is 1. The molecule has 2 aromatic rings. The number of rotatable bonds is 14. The van der Waals surface area contributed by atoms with Gasteiger partial charge in [0.2, 0.25) is 11.8 Å². The van der Waals surface area contributed by atoms with E-state index >= 15 is 4.79 Å². The number of hydrogen-bond acceptors (Lipinski definition) is 5. The first-order valence-electron chi connectivity index (χ1n) is 17.0. The highest BCUT2D eigenvalue weighted by atomic mass is 16.5. The Kier molecular flexibility index (Phi) is 10.1. The third-order valence-corrected chi connectivity index (χ3v) is 10.6. The lowest BCUT2D eigenvalue weighted by Gasteiger charge is -2.40. The smallest absolute Gasteiger partial charge is 0.253 e. The van der Waals surface area contributed by atoms with Crippen molar-refractivity contribution in [3.63, 3.8) is 0 Å². The van der Waals surface area contributed by atoms with E-state index in [1.54, 1.807) is 26.9 Å². The molecule has 1 N–H and O–H groups in total. The van der Waals surface area contributed by atoms with Crippen LogP contribution in [0.1, 0.15) is 63.1 Å². The molecule has 5 rings (SSSR count). The van der Waals surface area contributed by atoms with Crippen molar-refractivity contribution < 1.29 is 24.2 Å². The number of carbonyl (C=O) groups is 3. The molecule has 3 aliphatic heterocycles. The summed E-state index contributed by atoms with van der Waals surface area (Å²) in [7, 11) is 0. The quantitative estimate of drug-likeness (QED) is 0.272. The minimum Gasteiger partial charge on any atom is -0.394 e. The Balaban J connectivity index is 1.65. The summed E-state index contributed by atoms with van der Waals surface area (Å²) >= 11 is 0. The Hall–Kier alpha value is -3.75. The Labute approximate surface area is 280 Å². The lowest BCUT2D eigenvalue weighted by molar-refractivity contribution is -0.154. The van der Waals surface area contributed by atoms with Crippen LogP contribution >= 0.6 is 0 Å². The summed E-state index contributed by atoms with van der Waals surface area (Å²) < 4.78 is 7.09. The summed E-state index contributed by atoms with van der Waals surface area (Å²) in [5.74, 6) is -2.19. The summed E-state index contributed by atoms with van der Waals surface area (Å²) in [5, 5.41) is 10.8. The number of ether oxygens (including phenoxy) is 1. The second-order valence-corrected chi connectivity index (χ2v) is 14.1. The van der Waals surface area contributed by atoms with Crippen molar-refractivity contribution in [1.82, 2.24) is 9.80 Å². The average Bonchev–Trinajstić information content (AvgIpc) is 3.67. The Morgan fingerprint density at radius 1 is 1.06 bits per heavy atom. The molecule has 0 aromatic heterocycles. The van der Waals surface area contributed by atoms with Gasteiger partial charge in [-0.1, -0.05) is 75.4 Å². The lowest BCUT2D eigenvalue weighted by Crippen LogP contribution is -2.59. The van der Waals surface area contributed by atoms with Crippen LogP contribution in [0.25, 0.3) is 0 Å². The normalized spacial score (nSPS) is 26.7. The first kappa shape index (κ1) is 34.6. The zero-order chi connectivity index (χ0) is 34.1. The lowest BCUT2D eigenvalue weighted by atomic mass is 9.64. The highest BCUT2D eigenvalue weighted by Crippen LogP contribution is 2.65. The van der Waals surface area contributed by atoms with Gasteiger partial charge in [0.05, 0.1) is 30.1 Å². The number of aryl methyl sites for hydroxylation is 2. The third kappa shape index (κ3) is 5.95. The fourth-order valence-electron chi connectivity index (χ4n) is 8.51. The molecule has 3 amide bonds. The van der Waals surface area contributed by atoms with Crippen LogP contribution < -0.4 is 4.90 Å². The van der Waals surface area contributed by atoms with Crippen molar-refractivity contribution in [2.45, 2.75) is 90.1 Å². The Morgan fingerprint density at radius 2 is 1.77 bits per heavy atom. The maximum Gasteiger partial charge on any atom is 0.253 e. The maximum atomic E-state index is 15.1. The largest absolute Gasteiger partial charge is 0.394 e. The fourth-order valence-corrected chi connectivity index (χ4v) is 8.51. The average molecular weight is 642 g/mol. The molecule has 2 aromatic carbocycles. The molecule has 6 atom stereocenters. The molecule has 2 bridgehead atoms. The van der Waals surface area contributed by atoms with Gasteiger partial charge < -0.3 is 24.5 Å². The molecule has 8 heteroatoms. The van der Waals surface area contributed by atoms with Crippen molar-refractivity contribution >= 4 is 23.4 Å². The van der Waals surface area contributed by atoms with Crippen LogP contribution in [0, 0.1) is 31.6 Å². The molecule has 3 heterocycles. The molecule has 3 saturated heterocycles. The van der Waals surface area contributed by atoms with Gasteiger partial charge in [-0.15, -0.1) is 13.2 Å². The number of hydrogen-bond donors (Lipinski definition) is 1. The number of likely N-dealkylation sites (tertiary alicyclic amines) is 1. The molecule has 2 unspecified atom stereocenters. The third-order valence-electron chi connectivity index (χ3n) is 10.6. The summed E-state index contributed by atoms with van der Waals surface area (Å²) in [6, 6.07) is 14.1. The minimum atomic E-state index is -1.21. The summed E-state index contributed by atoms with van der Waals surface area (Å²) in [6.45, 7) is 18.5. The van der Waals surface area contributed by atoms with Gasteiger partial charge in [-0.3, -0.25) is 14.4 Å². The molecule has 1 spiro atoms. The van der Waals surface area contributed by atoms with Crippen molar-refractivity contribution in [2.24, 2.45) is 17.8 Å². The molecule has 252 valence electrons. The van der Waals surface area contributed by atoms with Gasteiger partial charge in [0.1, 0.15) is 11.6 Å². The van der Waals surface area contributed by atoms with Gasteiger partial charge in [0.25, 0.3) is 5.91 Å². The highest BCUT2D eigenvalue weighted by Gasteiger charge is 2.79. The van der Waals surface area contributed by atoms with Crippen LogP contribution in [0.15, 0.2) is 73.8 Å². The molecule has 0 aliphatic carbocycles. The van der Waals surface area contributed by atoms with Gasteiger partial charge >= 0.3 is 0 Å². The van der Waals surface area contributed by atoms with E-state index < -0.39 is 35.1 Å². The number of carbonyl (C=O) groups excluding carboxylic acids is 3. The monoisotopic (exact) mass is 641 g/mol. The number of benzene rings is 2. The number of aliphatic hydroxyl groups is 1. The standard InChI is InChI=1S/C39H51N3O5/c1-8-20-40(24-29-14-12-11-13-15-29)35(44)32-33-36(45)42(30(25-43)22-26(4)5)34(39(33)19-18-38(32,10-3)47-39)37(46)41(21-9-2)31-23-27(6)16-17-28(31)7/h8-9,11-17,23,26,30,32-34,43H,1-2,10,18-22,24-25H2,3-7H3/t30-,32-,33+,34?,38+,39?/m1/s1. The Morgan fingerprint density at radius 3 is 2.38 bits per heavy atom. The summed E-state index contributed by atoms with van der Waals surface area (Å²) in [4.78, 5) is 50.0. The molecular weight excluding hydrogens is 590 g/mol. The van der Waals surface area contributed by atoms with Gasteiger partial charge in [-0.25, -0.2) is 0 Å². The number of amides is 3. The van der Waals surface area contributed by atoms with Gasteiger partial charge in [-0.05, 0) is 68.2 Å². The maximum absolute atomic E-state index is 15.1. The van der Waals surface area contributed by atoms with Crippen LogP contribution in [-0.4, -0.2) is 75.6 Å². The Bertz CT molecular complexity index is 1510. The van der Waals surface area contributed by atoms with Gasteiger partial charge in [-0.2, -0.15) is 0 Å². The topological polar surface area (TPSA) is 90.4 Å². The van der Waals surface area contributed by atoms with Gasteiger partial charge in [0, 0.05) is 25.3 Å². The van der Waals surface area contributed by atoms with E-state index in [-0.39, 0.29) is 36.8 Å². The van der Waals surface area contributed by atoms with Crippen molar-refractivity contribution in [2.75, 3.05) is 24.6 Å². The van der Waals surface area contributed by atoms with Crippen molar-refractivity contribution in [3.8, 4) is 0 Å². The molecule has 3 aliphatic rings. The van der Waals surface area contributed by atoms with Crippen LogP contribution in [0.3, 0.4) is 0 Å². The first-order valence-corrected chi connectivity index (χ1v) is 17.0. The molecular formula is C39H51N3O5.